The normalized spacial score (nSPS) is 18.5. The fourth-order valence-corrected chi connectivity index (χ4v) is 2.48. The monoisotopic (exact) mass is 295 g/mol. The van der Waals surface area contributed by atoms with Crippen LogP contribution in [-0.4, -0.2) is 39.9 Å². The van der Waals surface area contributed by atoms with Gasteiger partial charge in [-0.1, -0.05) is 5.16 Å². The molecule has 0 unspecified atom stereocenters. The minimum Gasteiger partial charge on any atom is -0.409 e. The summed E-state index contributed by atoms with van der Waals surface area (Å²) in [6.45, 7) is 3.12. The summed E-state index contributed by atoms with van der Waals surface area (Å²) in [5.74, 6) is -0.310. The molecule has 1 aliphatic heterocycles. The molecular formula is C13H21N5O3. The number of nitrogens with zero attached hydrogens (tertiary/aromatic N) is 3. The van der Waals surface area contributed by atoms with E-state index < -0.39 is 5.41 Å². The third-order valence-corrected chi connectivity index (χ3v) is 4.16. The van der Waals surface area contributed by atoms with Gasteiger partial charge in [0.05, 0.1) is 6.20 Å². The molecule has 2 heterocycles. The summed E-state index contributed by atoms with van der Waals surface area (Å²) in [5, 5.41) is 19.0. The Labute approximate surface area is 122 Å². The van der Waals surface area contributed by atoms with Gasteiger partial charge in [-0.2, -0.15) is 5.10 Å². The highest BCUT2D eigenvalue weighted by atomic mass is 16.5. The Balaban J connectivity index is 2.10. The lowest BCUT2D eigenvalue weighted by molar-refractivity contribution is -0.131. The summed E-state index contributed by atoms with van der Waals surface area (Å²) in [7, 11) is 1.84. The van der Waals surface area contributed by atoms with E-state index in [2.05, 4.69) is 15.6 Å². The van der Waals surface area contributed by atoms with Crippen molar-refractivity contribution in [2.75, 3.05) is 13.2 Å². The van der Waals surface area contributed by atoms with Gasteiger partial charge in [0, 0.05) is 38.1 Å². The fourth-order valence-electron chi connectivity index (χ4n) is 2.48. The van der Waals surface area contributed by atoms with Crippen LogP contribution in [0.4, 0.5) is 0 Å². The van der Waals surface area contributed by atoms with Crippen molar-refractivity contribution in [2.45, 2.75) is 26.3 Å². The lowest BCUT2D eigenvalue weighted by Gasteiger charge is -2.34. The SMILES string of the molecule is Cc1c(CNC(=O)C2(C(N)=NO)CCOCC2)cnn1C. The van der Waals surface area contributed by atoms with Crippen molar-refractivity contribution in [3.63, 3.8) is 0 Å². The maximum absolute atomic E-state index is 12.5. The molecule has 21 heavy (non-hydrogen) atoms. The van der Waals surface area contributed by atoms with Crippen molar-refractivity contribution in [1.29, 1.82) is 0 Å². The number of rotatable bonds is 4. The van der Waals surface area contributed by atoms with E-state index in [1.165, 1.54) is 0 Å². The van der Waals surface area contributed by atoms with Crippen LogP contribution in [0.5, 0.6) is 0 Å². The Morgan fingerprint density at radius 1 is 1.62 bits per heavy atom. The van der Waals surface area contributed by atoms with E-state index >= 15 is 0 Å². The van der Waals surface area contributed by atoms with E-state index in [4.69, 9.17) is 15.7 Å². The molecule has 8 nitrogen and oxygen atoms in total. The molecule has 0 saturated carbocycles. The van der Waals surface area contributed by atoms with E-state index in [-0.39, 0.29) is 11.7 Å². The van der Waals surface area contributed by atoms with Crippen molar-refractivity contribution in [3.05, 3.63) is 17.5 Å². The third-order valence-electron chi connectivity index (χ3n) is 4.16. The number of aromatic nitrogens is 2. The molecule has 0 bridgehead atoms. The van der Waals surface area contributed by atoms with Crippen molar-refractivity contribution < 1.29 is 14.7 Å². The van der Waals surface area contributed by atoms with E-state index in [1.807, 2.05) is 14.0 Å². The highest BCUT2D eigenvalue weighted by Crippen LogP contribution is 2.31. The maximum Gasteiger partial charge on any atom is 0.234 e. The van der Waals surface area contributed by atoms with Crippen molar-refractivity contribution in [2.24, 2.45) is 23.4 Å². The molecule has 1 amide bonds. The van der Waals surface area contributed by atoms with Gasteiger partial charge in [0.1, 0.15) is 5.41 Å². The molecule has 116 valence electrons. The van der Waals surface area contributed by atoms with Gasteiger partial charge in [-0.25, -0.2) is 0 Å². The van der Waals surface area contributed by atoms with Crippen molar-refractivity contribution >= 4 is 11.7 Å². The van der Waals surface area contributed by atoms with Gasteiger partial charge in [-0.15, -0.1) is 0 Å². The van der Waals surface area contributed by atoms with Crippen LogP contribution in [0.3, 0.4) is 0 Å². The van der Waals surface area contributed by atoms with E-state index in [0.29, 0.717) is 32.6 Å². The molecule has 1 saturated heterocycles. The number of aryl methyl sites for hydroxylation is 1. The topological polar surface area (TPSA) is 115 Å². The lowest BCUT2D eigenvalue weighted by atomic mass is 9.78. The lowest BCUT2D eigenvalue weighted by Crippen LogP contribution is -2.52. The standard InChI is InChI=1S/C13H21N5O3/c1-9-10(8-16-18(9)2)7-15-12(19)13(11(14)17-20)3-5-21-6-4-13/h8,20H,3-7H2,1-2H3,(H2,14,17)(H,15,19). The Morgan fingerprint density at radius 2 is 2.29 bits per heavy atom. The van der Waals surface area contributed by atoms with Crippen molar-refractivity contribution in [3.8, 4) is 0 Å². The molecule has 0 aromatic carbocycles. The van der Waals surface area contributed by atoms with Gasteiger partial charge in [0.15, 0.2) is 5.84 Å². The van der Waals surface area contributed by atoms with Gasteiger partial charge in [-0.05, 0) is 19.8 Å². The molecule has 1 aromatic heterocycles. The van der Waals surface area contributed by atoms with Crippen LogP contribution in [-0.2, 0) is 23.1 Å². The fraction of sp³-hybridized carbons (Fsp3) is 0.615. The van der Waals surface area contributed by atoms with E-state index in [9.17, 15) is 4.79 Å². The summed E-state index contributed by atoms with van der Waals surface area (Å²) >= 11 is 0. The van der Waals surface area contributed by atoms with Crippen LogP contribution in [0, 0.1) is 12.3 Å². The first-order valence-electron chi connectivity index (χ1n) is 6.83. The summed E-state index contributed by atoms with van der Waals surface area (Å²) in [5.41, 5.74) is 6.68. The molecule has 0 spiro atoms. The zero-order valence-corrected chi connectivity index (χ0v) is 12.3. The highest BCUT2D eigenvalue weighted by molar-refractivity contribution is 6.06. The molecule has 1 aliphatic rings. The summed E-state index contributed by atoms with van der Waals surface area (Å²) < 4.78 is 7.01. The maximum atomic E-state index is 12.5. The number of amidine groups is 1. The summed E-state index contributed by atoms with van der Waals surface area (Å²) in [6, 6.07) is 0. The Hall–Kier alpha value is -2.09. The number of ether oxygens (including phenoxy) is 1. The number of oxime groups is 1. The number of amides is 1. The van der Waals surface area contributed by atoms with Crippen LogP contribution in [0.15, 0.2) is 11.4 Å². The number of carbonyl (C=O) groups is 1. The highest BCUT2D eigenvalue weighted by Gasteiger charge is 2.44. The number of nitrogens with two attached hydrogens (primary N) is 1. The van der Waals surface area contributed by atoms with E-state index in [0.717, 1.165) is 11.3 Å². The first-order valence-corrected chi connectivity index (χ1v) is 6.83. The molecule has 0 aliphatic carbocycles. The second kappa shape index (κ2) is 6.13. The molecular weight excluding hydrogens is 274 g/mol. The molecule has 8 heteroatoms. The average Bonchev–Trinajstić information content (AvgIpc) is 2.84. The minimum absolute atomic E-state index is 0.0637. The first-order chi connectivity index (χ1) is 10.0. The third kappa shape index (κ3) is 2.85. The number of carbonyl (C=O) groups excluding carboxylic acids is 1. The van der Waals surface area contributed by atoms with Gasteiger partial charge in [0.25, 0.3) is 0 Å². The quantitative estimate of drug-likeness (QED) is 0.310. The van der Waals surface area contributed by atoms with Gasteiger partial charge >= 0.3 is 0 Å². The molecule has 0 radical (unpaired) electrons. The first kappa shape index (κ1) is 15.3. The van der Waals surface area contributed by atoms with Crippen LogP contribution in [0.25, 0.3) is 0 Å². The zero-order chi connectivity index (χ0) is 15.5. The molecule has 4 N–H and O–H groups in total. The summed E-state index contributed by atoms with van der Waals surface area (Å²) in [4.78, 5) is 12.5. The number of nitrogens with one attached hydrogen (secondary N) is 1. The molecule has 0 atom stereocenters. The largest absolute Gasteiger partial charge is 0.409 e. The number of hydrogen-bond acceptors (Lipinski definition) is 5. The van der Waals surface area contributed by atoms with E-state index in [1.54, 1.807) is 10.9 Å². The predicted octanol–water partition coefficient (Wildman–Crippen LogP) is -0.112. The van der Waals surface area contributed by atoms with Crippen LogP contribution in [0.2, 0.25) is 0 Å². The second-order valence-electron chi connectivity index (χ2n) is 5.24. The Kier molecular flexibility index (Phi) is 4.46. The van der Waals surface area contributed by atoms with Crippen LogP contribution < -0.4 is 11.1 Å². The van der Waals surface area contributed by atoms with Crippen molar-refractivity contribution in [1.82, 2.24) is 15.1 Å². The van der Waals surface area contributed by atoms with Gasteiger partial charge in [0.2, 0.25) is 5.91 Å². The van der Waals surface area contributed by atoms with Gasteiger partial charge < -0.3 is 21.0 Å². The zero-order valence-electron chi connectivity index (χ0n) is 12.3. The molecule has 1 aromatic rings. The number of hydrogen-bond donors (Lipinski definition) is 3. The molecule has 2 rings (SSSR count). The molecule has 1 fully saturated rings. The van der Waals surface area contributed by atoms with Crippen LogP contribution >= 0.6 is 0 Å². The summed E-state index contributed by atoms with van der Waals surface area (Å²) in [6.07, 6.45) is 2.53. The Bertz CT molecular complexity index is 546. The predicted molar refractivity (Wildman–Crippen MR) is 75.7 cm³/mol. The minimum atomic E-state index is -0.997. The van der Waals surface area contributed by atoms with Crippen LogP contribution in [0.1, 0.15) is 24.1 Å². The van der Waals surface area contributed by atoms with Gasteiger partial charge in [-0.3, -0.25) is 9.48 Å². The Morgan fingerprint density at radius 3 is 2.81 bits per heavy atom. The second-order valence-corrected chi connectivity index (χ2v) is 5.24. The smallest absolute Gasteiger partial charge is 0.234 e. The average molecular weight is 295 g/mol.